The Hall–Kier alpha value is -1.05. The SMILES string of the molecule is CC(C)C(C)(O)CNS(=O)(=O)c1cc(F)cc(F)c1. The molecule has 1 unspecified atom stereocenters. The largest absolute Gasteiger partial charge is 0.389 e. The Labute approximate surface area is 111 Å². The molecule has 0 aromatic heterocycles. The van der Waals surface area contributed by atoms with E-state index in [9.17, 15) is 22.3 Å². The summed E-state index contributed by atoms with van der Waals surface area (Å²) in [5.74, 6) is -2.13. The Balaban J connectivity index is 2.93. The summed E-state index contributed by atoms with van der Waals surface area (Å²) >= 11 is 0. The second-order valence-electron chi connectivity index (χ2n) is 4.94. The van der Waals surface area contributed by atoms with Crippen LogP contribution in [-0.2, 0) is 10.0 Å². The van der Waals surface area contributed by atoms with Gasteiger partial charge in [0.25, 0.3) is 0 Å². The zero-order chi connectivity index (χ0) is 14.8. The van der Waals surface area contributed by atoms with Gasteiger partial charge in [-0.2, -0.15) is 0 Å². The van der Waals surface area contributed by atoms with E-state index in [1.54, 1.807) is 13.8 Å². The Morgan fingerprint density at radius 3 is 2.16 bits per heavy atom. The Morgan fingerprint density at radius 1 is 1.26 bits per heavy atom. The van der Waals surface area contributed by atoms with Crippen molar-refractivity contribution >= 4 is 10.0 Å². The molecule has 0 bridgehead atoms. The number of hydrogen-bond donors (Lipinski definition) is 2. The summed E-state index contributed by atoms with van der Waals surface area (Å²) in [6.07, 6.45) is 0. The van der Waals surface area contributed by atoms with Crippen molar-refractivity contribution < 1.29 is 22.3 Å². The predicted octanol–water partition coefficient (Wildman–Crippen LogP) is 1.65. The molecule has 0 amide bonds. The average molecular weight is 293 g/mol. The van der Waals surface area contributed by atoms with Gasteiger partial charge in [-0.1, -0.05) is 13.8 Å². The van der Waals surface area contributed by atoms with Gasteiger partial charge in [0.2, 0.25) is 10.0 Å². The topological polar surface area (TPSA) is 66.4 Å². The van der Waals surface area contributed by atoms with Crippen molar-refractivity contribution in [3.63, 3.8) is 0 Å². The van der Waals surface area contributed by atoms with Crippen molar-refractivity contribution in [1.82, 2.24) is 4.72 Å². The molecule has 1 rings (SSSR count). The summed E-state index contributed by atoms with van der Waals surface area (Å²) < 4.78 is 51.8. The van der Waals surface area contributed by atoms with Gasteiger partial charge in [0.1, 0.15) is 11.6 Å². The number of aliphatic hydroxyl groups is 1. The molecule has 0 aliphatic carbocycles. The molecular weight excluding hydrogens is 276 g/mol. The van der Waals surface area contributed by atoms with Gasteiger partial charge in [-0.3, -0.25) is 0 Å². The molecule has 0 aliphatic rings. The van der Waals surface area contributed by atoms with E-state index in [2.05, 4.69) is 4.72 Å². The molecule has 1 aromatic carbocycles. The van der Waals surface area contributed by atoms with E-state index >= 15 is 0 Å². The molecule has 0 spiro atoms. The van der Waals surface area contributed by atoms with E-state index in [1.807, 2.05) is 0 Å². The summed E-state index contributed by atoms with van der Waals surface area (Å²) in [5.41, 5.74) is -1.25. The molecule has 0 heterocycles. The lowest BCUT2D eigenvalue weighted by Crippen LogP contribution is -2.44. The fourth-order valence-corrected chi connectivity index (χ4v) is 2.40. The first-order chi connectivity index (χ1) is 8.54. The monoisotopic (exact) mass is 293 g/mol. The van der Waals surface area contributed by atoms with Crippen LogP contribution in [0.3, 0.4) is 0 Å². The third kappa shape index (κ3) is 4.22. The highest BCUT2D eigenvalue weighted by Gasteiger charge is 2.27. The van der Waals surface area contributed by atoms with Crippen molar-refractivity contribution in [3.8, 4) is 0 Å². The lowest BCUT2D eigenvalue weighted by atomic mass is 9.93. The van der Waals surface area contributed by atoms with E-state index in [-0.39, 0.29) is 12.5 Å². The fraction of sp³-hybridized carbons (Fsp3) is 0.500. The van der Waals surface area contributed by atoms with E-state index in [0.29, 0.717) is 6.07 Å². The summed E-state index contributed by atoms with van der Waals surface area (Å²) in [6, 6.07) is 2.02. The van der Waals surface area contributed by atoms with E-state index in [1.165, 1.54) is 6.92 Å². The van der Waals surface area contributed by atoms with Crippen LogP contribution in [0, 0.1) is 17.6 Å². The first kappa shape index (κ1) is 16.0. The predicted molar refractivity (Wildman–Crippen MR) is 67.0 cm³/mol. The standard InChI is InChI=1S/C12H17F2NO3S/c1-8(2)12(3,16)7-15-19(17,18)11-5-9(13)4-10(14)6-11/h4-6,8,15-16H,7H2,1-3H3. The van der Waals surface area contributed by atoms with Crippen LogP contribution >= 0.6 is 0 Å². The molecule has 4 nitrogen and oxygen atoms in total. The summed E-state index contributed by atoms with van der Waals surface area (Å²) in [7, 11) is -4.06. The maximum absolute atomic E-state index is 13.0. The molecule has 2 N–H and O–H groups in total. The minimum Gasteiger partial charge on any atom is -0.389 e. The zero-order valence-electron chi connectivity index (χ0n) is 10.9. The van der Waals surface area contributed by atoms with Crippen LogP contribution in [0.5, 0.6) is 0 Å². The van der Waals surface area contributed by atoms with E-state index in [0.717, 1.165) is 12.1 Å². The zero-order valence-corrected chi connectivity index (χ0v) is 11.8. The number of rotatable bonds is 5. The summed E-state index contributed by atoms with van der Waals surface area (Å²) in [6.45, 7) is 4.70. The van der Waals surface area contributed by atoms with Crippen molar-refractivity contribution in [2.24, 2.45) is 5.92 Å². The van der Waals surface area contributed by atoms with Gasteiger partial charge >= 0.3 is 0 Å². The van der Waals surface area contributed by atoms with Crippen LogP contribution in [0.4, 0.5) is 8.78 Å². The van der Waals surface area contributed by atoms with Gasteiger partial charge in [0.15, 0.2) is 0 Å². The molecule has 1 aromatic rings. The molecule has 0 radical (unpaired) electrons. The van der Waals surface area contributed by atoms with Crippen LogP contribution in [0.25, 0.3) is 0 Å². The maximum atomic E-state index is 13.0. The number of hydrogen-bond acceptors (Lipinski definition) is 3. The summed E-state index contributed by atoms with van der Waals surface area (Å²) in [4.78, 5) is -0.510. The van der Waals surface area contributed by atoms with Crippen LogP contribution in [0.2, 0.25) is 0 Å². The van der Waals surface area contributed by atoms with Gasteiger partial charge in [-0.25, -0.2) is 21.9 Å². The Kier molecular flexibility index (Phi) is 4.65. The van der Waals surface area contributed by atoms with Crippen LogP contribution in [0.15, 0.2) is 23.1 Å². The Morgan fingerprint density at radius 2 is 1.74 bits per heavy atom. The van der Waals surface area contributed by atoms with Crippen LogP contribution in [0.1, 0.15) is 20.8 Å². The molecule has 0 fully saturated rings. The third-order valence-electron chi connectivity index (χ3n) is 3.01. The molecular formula is C12H17F2NO3S. The molecule has 0 saturated heterocycles. The highest BCUT2D eigenvalue weighted by atomic mass is 32.2. The van der Waals surface area contributed by atoms with Gasteiger partial charge in [-0.15, -0.1) is 0 Å². The Bertz CT molecular complexity index is 536. The minimum absolute atomic E-state index is 0.181. The van der Waals surface area contributed by atoms with Gasteiger partial charge < -0.3 is 5.11 Å². The quantitative estimate of drug-likeness (QED) is 0.867. The minimum atomic E-state index is -4.06. The highest BCUT2D eigenvalue weighted by Crippen LogP contribution is 2.17. The number of sulfonamides is 1. The smallest absolute Gasteiger partial charge is 0.240 e. The number of nitrogens with one attached hydrogen (secondary N) is 1. The molecule has 108 valence electrons. The average Bonchev–Trinajstić information content (AvgIpc) is 2.25. The van der Waals surface area contributed by atoms with Crippen molar-refractivity contribution in [3.05, 3.63) is 29.8 Å². The van der Waals surface area contributed by atoms with E-state index < -0.39 is 32.2 Å². The van der Waals surface area contributed by atoms with Crippen LogP contribution in [-0.4, -0.2) is 25.7 Å². The van der Waals surface area contributed by atoms with E-state index in [4.69, 9.17) is 0 Å². The maximum Gasteiger partial charge on any atom is 0.240 e. The van der Waals surface area contributed by atoms with Gasteiger partial charge in [-0.05, 0) is 25.0 Å². The number of benzene rings is 1. The molecule has 7 heteroatoms. The first-order valence-electron chi connectivity index (χ1n) is 5.73. The number of halogens is 2. The second-order valence-corrected chi connectivity index (χ2v) is 6.71. The first-order valence-corrected chi connectivity index (χ1v) is 7.21. The third-order valence-corrected chi connectivity index (χ3v) is 4.39. The lowest BCUT2D eigenvalue weighted by molar-refractivity contribution is 0.0190. The molecule has 19 heavy (non-hydrogen) atoms. The normalized spacial score (nSPS) is 15.5. The van der Waals surface area contributed by atoms with Crippen molar-refractivity contribution in [2.45, 2.75) is 31.3 Å². The second kappa shape index (κ2) is 5.52. The molecule has 0 aliphatic heterocycles. The fourth-order valence-electron chi connectivity index (χ4n) is 1.21. The molecule has 0 saturated carbocycles. The van der Waals surface area contributed by atoms with Crippen molar-refractivity contribution in [2.75, 3.05) is 6.54 Å². The van der Waals surface area contributed by atoms with Crippen molar-refractivity contribution in [1.29, 1.82) is 0 Å². The highest BCUT2D eigenvalue weighted by molar-refractivity contribution is 7.89. The summed E-state index contributed by atoms with van der Waals surface area (Å²) in [5, 5.41) is 9.94. The molecule has 1 atom stereocenters. The van der Waals surface area contributed by atoms with Gasteiger partial charge in [0, 0.05) is 12.6 Å². The van der Waals surface area contributed by atoms with Gasteiger partial charge in [0.05, 0.1) is 10.5 Å². The van der Waals surface area contributed by atoms with Crippen LogP contribution < -0.4 is 4.72 Å². The lowest BCUT2D eigenvalue weighted by Gasteiger charge is -2.27.